The third-order valence-corrected chi connectivity index (χ3v) is 7.78. The molecule has 0 spiro atoms. The Kier molecular flexibility index (Phi) is 6.12. The Morgan fingerprint density at radius 3 is 2.80 bits per heavy atom. The molecule has 1 atom stereocenters. The summed E-state index contributed by atoms with van der Waals surface area (Å²) < 4.78 is 28.8. The third kappa shape index (κ3) is 3.91. The minimum atomic E-state index is -0.682. The van der Waals surface area contributed by atoms with E-state index < -0.39 is 11.8 Å². The van der Waals surface area contributed by atoms with Gasteiger partial charge in [-0.25, -0.2) is 9.18 Å². The number of benzene rings is 1. The van der Waals surface area contributed by atoms with Crippen LogP contribution < -0.4 is 10.1 Å². The minimum Gasteiger partial charge on any atom is -0.453 e. The number of likely N-dealkylation sites (tertiary alicyclic amines) is 1. The van der Waals surface area contributed by atoms with Crippen LogP contribution in [-0.2, 0) is 4.74 Å². The number of thiophene rings is 1. The zero-order chi connectivity index (χ0) is 24.9. The van der Waals surface area contributed by atoms with Crippen LogP contribution in [0.5, 0.6) is 11.5 Å². The van der Waals surface area contributed by atoms with Gasteiger partial charge in [0.1, 0.15) is 5.75 Å². The molecule has 11 heteroatoms. The van der Waals surface area contributed by atoms with Gasteiger partial charge >= 0.3 is 6.03 Å². The van der Waals surface area contributed by atoms with E-state index >= 15 is 4.39 Å². The molecule has 35 heavy (non-hydrogen) atoms. The maximum absolute atomic E-state index is 15.5. The van der Waals surface area contributed by atoms with Crippen LogP contribution in [-0.4, -0.2) is 59.7 Å². The summed E-state index contributed by atoms with van der Waals surface area (Å²) in [6.07, 6.45) is 2.38. The molecule has 4 heterocycles. The Morgan fingerprint density at radius 1 is 1.29 bits per heavy atom. The van der Waals surface area contributed by atoms with E-state index in [2.05, 4.69) is 10.3 Å². The number of hydrogen-bond acceptors (Lipinski definition) is 6. The molecule has 1 aromatic carbocycles. The first-order valence-electron chi connectivity index (χ1n) is 10.9. The van der Waals surface area contributed by atoms with Crippen LogP contribution in [0.4, 0.5) is 9.18 Å². The van der Waals surface area contributed by atoms with Gasteiger partial charge in [0.15, 0.2) is 11.6 Å². The van der Waals surface area contributed by atoms with Crippen molar-refractivity contribution in [1.29, 1.82) is 0 Å². The fourth-order valence-corrected chi connectivity index (χ4v) is 5.63. The first kappa shape index (κ1) is 23.5. The van der Waals surface area contributed by atoms with Crippen molar-refractivity contribution in [3.8, 4) is 11.5 Å². The molecule has 0 radical (unpaired) electrons. The van der Waals surface area contributed by atoms with Gasteiger partial charge < -0.3 is 19.7 Å². The molecule has 0 bridgehead atoms. The number of aromatic nitrogens is 2. The van der Waals surface area contributed by atoms with E-state index in [1.165, 1.54) is 29.0 Å². The molecule has 2 amide bonds. The number of fused-ring (bicyclic) bond motifs is 2. The summed E-state index contributed by atoms with van der Waals surface area (Å²) in [5, 5.41) is 2.76. The molecular formula is C24H22ClFN4O4S. The van der Waals surface area contributed by atoms with Crippen molar-refractivity contribution in [2.45, 2.75) is 19.4 Å². The fraction of sp³-hybridized carbons (Fsp3) is 0.292. The summed E-state index contributed by atoms with van der Waals surface area (Å²) in [6.45, 7) is 2.81. The van der Waals surface area contributed by atoms with Gasteiger partial charge in [0.2, 0.25) is 0 Å². The number of carbonyl (C=O) groups is 2. The molecule has 5 rings (SSSR count). The summed E-state index contributed by atoms with van der Waals surface area (Å²) in [5.74, 6) is -0.459. The van der Waals surface area contributed by atoms with Crippen LogP contribution in [0.15, 0.2) is 30.5 Å². The summed E-state index contributed by atoms with van der Waals surface area (Å²) in [7, 11) is 3.13. The van der Waals surface area contributed by atoms with Gasteiger partial charge in [-0.3, -0.25) is 14.3 Å². The highest BCUT2D eigenvalue weighted by Gasteiger charge is 2.28. The number of ether oxygens (including phenoxy) is 2. The first-order valence-corrected chi connectivity index (χ1v) is 12.1. The van der Waals surface area contributed by atoms with E-state index in [-0.39, 0.29) is 28.2 Å². The number of nitrogens with one attached hydrogen (secondary N) is 1. The zero-order valence-corrected chi connectivity index (χ0v) is 20.8. The Labute approximate surface area is 209 Å². The molecule has 0 unspecified atom stereocenters. The second-order valence-electron chi connectivity index (χ2n) is 8.20. The van der Waals surface area contributed by atoms with Crippen molar-refractivity contribution in [1.82, 2.24) is 19.8 Å². The number of pyridine rings is 1. The Hall–Kier alpha value is -3.21. The highest BCUT2D eigenvalue weighted by atomic mass is 35.5. The lowest BCUT2D eigenvalue weighted by atomic mass is 10.2. The largest absolute Gasteiger partial charge is 0.453 e. The number of rotatable bonds is 4. The van der Waals surface area contributed by atoms with Gasteiger partial charge in [-0.2, -0.15) is 0 Å². The van der Waals surface area contributed by atoms with E-state index in [0.29, 0.717) is 45.1 Å². The Morgan fingerprint density at radius 2 is 2.09 bits per heavy atom. The van der Waals surface area contributed by atoms with Crippen LogP contribution in [0.25, 0.3) is 21.1 Å². The summed E-state index contributed by atoms with van der Waals surface area (Å²) in [4.78, 5) is 31.9. The second-order valence-corrected chi connectivity index (χ2v) is 9.63. The standard InChI is InChI=1S/C24H22ClFN4O4S/c1-12-20(25)19-15(30(12)24(32)27-2)4-5-16(21(19)26)34-17-6-8-28-14-10-18(35-22(14)17)23(31)29-9-7-13(11-29)33-3/h4-6,8,10,13H,7,9,11H2,1-3H3,(H,27,32)/t13-/m1/s1. The maximum atomic E-state index is 15.5. The van der Waals surface area contributed by atoms with E-state index in [1.54, 1.807) is 43.3 Å². The van der Waals surface area contributed by atoms with E-state index in [1.807, 2.05) is 0 Å². The number of nitrogens with zero attached hydrogens (tertiary/aromatic N) is 3. The lowest BCUT2D eigenvalue weighted by molar-refractivity contribution is 0.0728. The molecular weight excluding hydrogens is 495 g/mol. The SMILES string of the molecule is CNC(=O)n1c(C)c(Cl)c2c(F)c(Oc3ccnc4cc(C(=O)N5CC[C@@H](OC)C5)sc34)ccc21. The van der Waals surface area contributed by atoms with Crippen LogP contribution in [0.1, 0.15) is 21.8 Å². The quantitative estimate of drug-likeness (QED) is 0.403. The monoisotopic (exact) mass is 516 g/mol. The first-order chi connectivity index (χ1) is 16.8. The van der Waals surface area contributed by atoms with Gasteiger partial charge in [0, 0.05) is 45.2 Å². The zero-order valence-electron chi connectivity index (χ0n) is 19.2. The molecule has 1 saturated heterocycles. The van der Waals surface area contributed by atoms with Gasteiger partial charge in [-0.1, -0.05) is 11.6 Å². The predicted molar refractivity (Wildman–Crippen MR) is 133 cm³/mol. The molecule has 1 aliphatic heterocycles. The Balaban J connectivity index is 1.51. The average molecular weight is 517 g/mol. The van der Waals surface area contributed by atoms with Crippen LogP contribution in [0.3, 0.4) is 0 Å². The van der Waals surface area contributed by atoms with Crippen molar-refractivity contribution >= 4 is 56.0 Å². The molecule has 1 N–H and O–H groups in total. The molecule has 0 saturated carbocycles. The van der Waals surface area contributed by atoms with E-state index in [9.17, 15) is 9.59 Å². The predicted octanol–water partition coefficient (Wildman–Crippen LogP) is 5.19. The van der Waals surface area contributed by atoms with E-state index in [4.69, 9.17) is 21.1 Å². The van der Waals surface area contributed by atoms with Crippen LogP contribution in [0, 0.1) is 12.7 Å². The third-order valence-electron chi connectivity index (χ3n) is 6.19. The lowest BCUT2D eigenvalue weighted by Crippen LogP contribution is -2.29. The molecule has 3 aromatic heterocycles. The van der Waals surface area contributed by atoms with Crippen molar-refractivity contribution in [2.75, 3.05) is 27.2 Å². The smallest absolute Gasteiger partial charge is 0.326 e. The van der Waals surface area contributed by atoms with Crippen molar-refractivity contribution in [3.05, 3.63) is 51.9 Å². The average Bonchev–Trinajstić information content (AvgIpc) is 3.57. The summed E-state index contributed by atoms with van der Waals surface area (Å²) >= 11 is 7.64. The van der Waals surface area contributed by atoms with Crippen molar-refractivity contribution in [3.63, 3.8) is 0 Å². The van der Waals surface area contributed by atoms with Crippen molar-refractivity contribution < 1.29 is 23.5 Å². The van der Waals surface area contributed by atoms with Gasteiger partial charge in [0.05, 0.1) is 37.1 Å². The lowest BCUT2D eigenvalue weighted by Gasteiger charge is -2.14. The second kappa shape index (κ2) is 9.10. The van der Waals surface area contributed by atoms with Gasteiger partial charge in [-0.15, -0.1) is 11.3 Å². The van der Waals surface area contributed by atoms with Gasteiger partial charge in [-0.05, 0) is 31.5 Å². The number of amides is 2. The summed E-state index contributed by atoms with van der Waals surface area (Å²) in [6, 6.07) is 5.96. The normalized spacial score (nSPS) is 15.8. The molecule has 4 aromatic rings. The van der Waals surface area contributed by atoms with Crippen LogP contribution in [0.2, 0.25) is 5.02 Å². The number of methoxy groups -OCH3 is 1. The molecule has 1 fully saturated rings. The number of hydrogen-bond donors (Lipinski definition) is 1. The molecule has 1 aliphatic rings. The highest BCUT2D eigenvalue weighted by molar-refractivity contribution is 7.21. The fourth-order valence-electron chi connectivity index (χ4n) is 4.33. The molecule has 8 nitrogen and oxygen atoms in total. The number of halogens is 2. The minimum absolute atomic E-state index is 0.0389. The number of carbonyl (C=O) groups excluding carboxylic acids is 2. The molecule has 0 aliphatic carbocycles. The van der Waals surface area contributed by atoms with E-state index in [0.717, 1.165) is 6.42 Å². The maximum Gasteiger partial charge on any atom is 0.326 e. The topological polar surface area (TPSA) is 85.7 Å². The van der Waals surface area contributed by atoms with Crippen LogP contribution >= 0.6 is 22.9 Å². The van der Waals surface area contributed by atoms with Crippen molar-refractivity contribution in [2.24, 2.45) is 0 Å². The van der Waals surface area contributed by atoms with Gasteiger partial charge in [0.25, 0.3) is 5.91 Å². The highest BCUT2D eigenvalue weighted by Crippen LogP contribution is 2.40. The molecule has 182 valence electrons. The summed E-state index contributed by atoms with van der Waals surface area (Å²) in [5.41, 5.74) is 1.34. The Bertz CT molecular complexity index is 1480.